The van der Waals surface area contributed by atoms with Gasteiger partial charge in [0.25, 0.3) is 0 Å². The zero-order valence-electron chi connectivity index (χ0n) is 12.4. The van der Waals surface area contributed by atoms with Gasteiger partial charge in [-0.3, -0.25) is 0 Å². The molecule has 1 aromatic carbocycles. The van der Waals surface area contributed by atoms with E-state index in [1.54, 1.807) is 12.1 Å². The van der Waals surface area contributed by atoms with Gasteiger partial charge in [0, 0.05) is 6.04 Å². The second-order valence-electron chi connectivity index (χ2n) is 4.43. The van der Waals surface area contributed by atoms with E-state index in [1.165, 1.54) is 21.1 Å². The first-order valence-corrected chi connectivity index (χ1v) is 6.09. The fourth-order valence-electron chi connectivity index (χ4n) is 1.72. The standard InChI is InChI=1S/C14H19F2NO3.ClH/c1-8(17)5-10-6-11(18-3)13(12(7-10)19-4)20-9(2)14(15)16;/h6-8H,5,17H2,1-4H3;1H. The summed E-state index contributed by atoms with van der Waals surface area (Å²) in [5.41, 5.74) is 6.62. The van der Waals surface area contributed by atoms with Crippen LogP contribution < -0.4 is 19.9 Å². The molecular weight excluding hydrogens is 304 g/mol. The SMILES string of the molecule is COc1cc(CC(C)N)cc(OC)c1OC(C)=C(F)F.Cl. The highest BCUT2D eigenvalue weighted by atomic mass is 35.5. The highest BCUT2D eigenvalue weighted by Crippen LogP contribution is 2.40. The molecule has 1 unspecified atom stereocenters. The van der Waals surface area contributed by atoms with Crippen LogP contribution in [0.15, 0.2) is 24.0 Å². The van der Waals surface area contributed by atoms with E-state index in [2.05, 4.69) is 0 Å². The lowest BCUT2D eigenvalue weighted by Gasteiger charge is -2.16. The lowest BCUT2D eigenvalue weighted by atomic mass is 10.1. The Hall–Kier alpha value is -1.53. The van der Waals surface area contributed by atoms with E-state index in [0.717, 1.165) is 5.56 Å². The highest BCUT2D eigenvalue weighted by molar-refractivity contribution is 5.85. The second kappa shape index (κ2) is 8.69. The molecule has 0 saturated carbocycles. The van der Waals surface area contributed by atoms with Gasteiger partial charge in [-0.2, -0.15) is 8.78 Å². The summed E-state index contributed by atoms with van der Waals surface area (Å²) in [4.78, 5) is 0. The minimum absolute atomic E-state index is 0. The summed E-state index contributed by atoms with van der Waals surface area (Å²) in [5, 5.41) is 0. The number of ether oxygens (including phenoxy) is 3. The summed E-state index contributed by atoms with van der Waals surface area (Å²) >= 11 is 0. The first kappa shape index (κ1) is 19.5. The van der Waals surface area contributed by atoms with Gasteiger partial charge in [0.15, 0.2) is 17.3 Å². The molecule has 0 amide bonds. The molecule has 2 N–H and O–H groups in total. The van der Waals surface area contributed by atoms with E-state index in [9.17, 15) is 8.78 Å². The lowest BCUT2D eigenvalue weighted by Crippen LogP contribution is -2.17. The maximum absolute atomic E-state index is 12.5. The summed E-state index contributed by atoms with van der Waals surface area (Å²) in [6.45, 7) is 3.04. The molecule has 1 aromatic rings. The van der Waals surface area contributed by atoms with Crippen molar-refractivity contribution in [3.8, 4) is 17.2 Å². The van der Waals surface area contributed by atoms with E-state index < -0.39 is 11.8 Å². The number of rotatable bonds is 6. The second-order valence-corrected chi connectivity index (χ2v) is 4.43. The maximum Gasteiger partial charge on any atom is 0.307 e. The zero-order chi connectivity index (χ0) is 15.3. The molecule has 0 fully saturated rings. The van der Waals surface area contributed by atoms with E-state index in [0.29, 0.717) is 17.9 Å². The van der Waals surface area contributed by atoms with Gasteiger partial charge in [0.1, 0.15) is 0 Å². The molecule has 7 heteroatoms. The molecule has 0 spiro atoms. The number of halogens is 3. The largest absolute Gasteiger partial charge is 0.493 e. The molecule has 0 saturated heterocycles. The minimum Gasteiger partial charge on any atom is -0.493 e. The fraction of sp³-hybridized carbons (Fsp3) is 0.429. The van der Waals surface area contributed by atoms with Crippen LogP contribution >= 0.6 is 12.4 Å². The number of methoxy groups -OCH3 is 2. The van der Waals surface area contributed by atoms with Gasteiger partial charge in [0.05, 0.1) is 14.2 Å². The molecule has 0 aliphatic carbocycles. The van der Waals surface area contributed by atoms with Gasteiger partial charge in [-0.25, -0.2) is 0 Å². The first-order valence-electron chi connectivity index (χ1n) is 6.09. The Morgan fingerprint density at radius 1 is 1.19 bits per heavy atom. The van der Waals surface area contributed by atoms with E-state index in [4.69, 9.17) is 19.9 Å². The Balaban J connectivity index is 0.00000400. The van der Waals surface area contributed by atoms with Gasteiger partial charge >= 0.3 is 6.08 Å². The fourth-order valence-corrected chi connectivity index (χ4v) is 1.72. The van der Waals surface area contributed by atoms with Crippen molar-refractivity contribution in [3.05, 3.63) is 29.5 Å². The van der Waals surface area contributed by atoms with Crippen LogP contribution in [-0.4, -0.2) is 20.3 Å². The predicted molar refractivity (Wildman–Crippen MR) is 79.7 cm³/mol. The molecule has 21 heavy (non-hydrogen) atoms. The van der Waals surface area contributed by atoms with Gasteiger partial charge in [-0.05, 0) is 38.0 Å². The van der Waals surface area contributed by atoms with Crippen LogP contribution in [0.3, 0.4) is 0 Å². The van der Waals surface area contributed by atoms with Crippen molar-refractivity contribution >= 4 is 12.4 Å². The van der Waals surface area contributed by atoms with Crippen LogP contribution in [0, 0.1) is 0 Å². The highest BCUT2D eigenvalue weighted by Gasteiger charge is 2.17. The molecule has 0 bridgehead atoms. The van der Waals surface area contributed by atoms with Gasteiger partial charge < -0.3 is 19.9 Å². The monoisotopic (exact) mass is 323 g/mol. The van der Waals surface area contributed by atoms with Gasteiger partial charge in [0.2, 0.25) is 5.75 Å². The summed E-state index contributed by atoms with van der Waals surface area (Å²) in [5.74, 6) is 0.261. The van der Waals surface area contributed by atoms with Crippen LogP contribution in [-0.2, 0) is 6.42 Å². The molecule has 0 aliphatic heterocycles. The Kier molecular flexibility index (Phi) is 8.06. The van der Waals surface area contributed by atoms with Crippen molar-refractivity contribution in [1.29, 1.82) is 0 Å². The first-order chi connectivity index (χ1) is 9.38. The van der Waals surface area contributed by atoms with Crippen LogP contribution in [0.5, 0.6) is 17.2 Å². The Morgan fingerprint density at radius 3 is 2.00 bits per heavy atom. The summed E-state index contributed by atoms with van der Waals surface area (Å²) < 4.78 is 40.5. The minimum atomic E-state index is -1.89. The van der Waals surface area contributed by atoms with E-state index >= 15 is 0 Å². The number of nitrogens with two attached hydrogens (primary N) is 1. The third-order valence-corrected chi connectivity index (χ3v) is 2.60. The Bertz CT molecular complexity index is 478. The molecular formula is C14H20ClF2NO3. The average Bonchev–Trinajstić information content (AvgIpc) is 2.38. The number of hydrogen-bond donors (Lipinski definition) is 1. The average molecular weight is 324 g/mol. The number of benzene rings is 1. The van der Waals surface area contributed by atoms with Crippen LogP contribution in [0.2, 0.25) is 0 Å². The van der Waals surface area contributed by atoms with Crippen LogP contribution in [0.1, 0.15) is 19.4 Å². The molecule has 0 radical (unpaired) electrons. The molecule has 1 atom stereocenters. The number of allylic oxidation sites excluding steroid dienone is 1. The van der Waals surface area contributed by atoms with Crippen molar-refractivity contribution in [2.75, 3.05) is 14.2 Å². The number of hydrogen-bond acceptors (Lipinski definition) is 4. The van der Waals surface area contributed by atoms with Crippen LogP contribution in [0.4, 0.5) is 8.78 Å². The van der Waals surface area contributed by atoms with Crippen molar-refractivity contribution in [1.82, 2.24) is 0 Å². The molecule has 1 rings (SSSR count). The summed E-state index contributed by atoms with van der Waals surface area (Å²) in [6, 6.07) is 3.36. The topological polar surface area (TPSA) is 53.7 Å². The van der Waals surface area contributed by atoms with E-state index in [1.807, 2.05) is 6.92 Å². The third-order valence-electron chi connectivity index (χ3n) is 2.60. The quantitative estimate of drug-likeness (QED) is 0.814. The molecule has 120 valence electrons. The summed E-state index contributed by atoms with van der Waals surface area (Å²) in [6.07, 6.45) is -1.28. The van der Waals surface area contributed by atoms with Crippen molar-refractivity contribution < 1.29 is 23.0 Å². The maximum atomic E-state index is 12.5. The zero-order valence-corrected chi connectivity index (χ0v) is 13.2. The summed E-state index contributed by atoms with van der Waals surface area (Å²) in [7, 11) is 2.87. The normalized spacial score (nSPS) is 11.2. The third kappa shape index (κ3) is 5.40. The Labute approximate surface area is 129 Å². The van der Waals surface area contributed by atoms with Gasteiger partial charge in [-0.15, -0.1) is 12.4 Å². The molecule has 0 aromatic heterocycles. The lowest BCUT2D eigenvalue weighted by molar-refractivity contribution is 0.297. The van der Waals surface area contributed by atoms with E-state index in [-0.39, 0.29) is 24.2 Å². The van der Waals surface area contributed by atoms with Crippen molar-refractivity contribution in [3.63, 3.8) is 0 Å². The molecule has 0 heterocycles. The van der Waals surface area contributed by atoms with Gasteiger partial charge in [-0.1, -0.05) is 0 Å². The predicted octanol–water partition coefficient (Wildman–Crippen LogP) is 3.52. The molecule has 0 aliphatic rings. The van der Waals surface area contributed by atoms with Crippen molar-refractivity contribution in [2.45, 2.75) is 26.3 Å². The Morgan fingerprint density at radius 2 is 1.67 bits per heavy atom. The van der Waals surface area contributed by atoms with Crippen molar-refractivity contribution in [2.24, 2.45) is 5.73 Å². The van der Waals surface area contributed by atoms with Crippen LogP contribution in [0.25, 0.3) is 0 Å². The smallest absolute Gasteiger partial charge is 0.307 e. The molecule has 4 nitrogen and oxygen atoms in total.